The second kappa shape index (κ2) is 14.2. The SMILES string of the molecule is CC(C)COC(=O)Cc1ccn(CCCCc2ccc(NC(=O)Cc3cccc(OC(F)(F)F)c3)nn2)c(=O)n1. The number of unbranched alkanes of at least 4 members (excludes halogenated alkanes) is 1. The van der Waals surface area contributed by atoms with Crippen molar-refractivity contribution in [2.24, 2.45) is 5.92 Å². The molecular weight excluding hydrogens is 531 g/mol. The van der Waals surface area contributed by atoms with Crippen LogP contribution in [0.2, 0.25) is 0 Å². The predicted molar refractivity (Wildman–Crippen MR) is 138 cm³/mol. The smallest absolute Gasteiger partial charge is 0.465 e. The highest BCUT2D eigenvalue weighted by Crippen LogP contribution is 2.23. The molecule has 2 heterocycles. The minimum absolute atomic E-state index is 0.0535. The molecule has 0 spiro atoms. The molecule has 1 aromatic carbocycles. The molecule has 40 heavy (non-hydrogen) atoms. The Hall–Kier alpha value is -4.29. The van der Waals surface area contributed by atoms with Crippen molar-refractivity contribution < 1.29 is 32.2 Å². The molecule has 1 N–H and O–H groups in total. The molecule has 0 aliphatic heterocycles. The zero-order chi connectivity index (χ0) is 29.1. The quantitative estimate of drug-likeness (QED) is 0.246. The van der Waals surface area contributed by atoms with Crippen LogP contribution in [-0.2, 0) is 40.1 Å². The van der Waals surface area contributed by atoms with E-state index >= 15 is 0 Å². The molecule has 0 saturated heterocycles. The van der Waals surface area contributed by atoms with Gasteiger partial charge in [-0.15, -0.1) is 18.3 Å². The van der Waals surface area contributed by atoms with Crippen LogP contribution in [0.25, 0.3) is 0 Å². The highest BCUT2D eigenvalue weighted by atomic mass is 19.4. The number of hydrogen-bond acceptors (Lipinski definition) is 8. The lowest BCUT2D eigenvalue weighted by Gasteiger charge is -2.10. The number of nitrogens with one attached hydrogen (secondary N) is 1. The van der Waals surface area contributed by atoms with Crippen molar-refractivity contribution in [3.63, 3.8) is 0 Å². The van der Waals surface area contributed by atoms with E-state index < -0.39 is 29.7 Å². The topological polar surface area (TPSA) is 125 Å². The summed E-state index contributed by atoms with van der Waals surface area (Å²) in [6, 6.07) is 10.1. The van der Waals surface area contributed by atoms with Crippen LogP contribution in [0, 0.1) is 5.92 Å². The Morgan fingerprint density at radius 2 is 1.82 bits per heavy atom. The Morgan fingerprint density at radius 1 is 1.02 bits per heavy atom. The Labute approximate surface area is 228 Å². The van der Waals surface area contributed by atoms with Crippen molar-refractivity contribution in [1.82, 2.24) is 19.7 Å². The van der Waals surface area contributed by atoms with Gasteiger partial charge in [0, 0.05) is 12.7 Å². The van der Waals surface area contributed by atoms with Crippen LogP contribution in [0.15, 0.2) is 53.5 Å². The van der Waals surface area contributed by atoms with Crippen LogP contribution in [-0.4, -0.2) is 44.6 Å². The number of ether oxygens (including phenoxy) is 2. The molecular formula is C27H30F3N5O5. The molecule has 0 unspecified atom stereocenters. The van der Waals surface area contributed by atoms with Gasteiger partial charge in [-0.05, 0) is 61.1 Å². The number of aromatic nitrogens is 4. The van der Waals surface area contributed by atoms with E-state index in [1.54, 1.807) is 24.4 Å². The first kappa shape index (κ1) is 30.3. The number of carbonyl (C=O) groups is 2. The van der Waals surface area contributed by atoms with Gasteiger partial charge in [0.1, 0.15) is 5.75 Å². The number of anilines is 1. The molecule has 2 aromatic heterocycles. The second-order valence-corrected chi connectivity index (χ2v) is 9.44. The van der Waals surface area contributed by atoms with Gasteiger partial charge >= 0.3 is 18.0 Å². The largest absolute Gasteiger partial charge is 0.573 e. The van der Waals surface area contributed by atoms with Crippen LogP contribution >= 0.6 is 0 Å². The normalized spacial score (nSPS) is 11.3. The highest BCUT2D eigenvalue weighted by molar-refractivity contribution is 5.91. The number of esters is 1. The van der Waals surface area contributed by atoms with Gasteiger partial charge in [-0.2, -0.15) is 10.1 Å². The van der Waals surface area contributed by atoms with Crippen LogP contribution in [0.3, 0.4) is 0 Å². The summed E-state index contributed by atoms with van der Waals surface area (Å²) in [5.41, 5.74) is 0.961. The van der Waals surface area contributed by atoms with Crippen molar-refractivity contribution in [3.8, 4) is 5.75 Å². The van der Waals surface area contributed by atoms with E-state index in [-0.39, 0.29) is 24.6 Å². The maximum Gasteiger partial charge on any atom is 0.573 e. The molecule has 3 rings (SSSR count). The van der Waals surface area contributed by atoms with Crippen LogP contribution in [0.1, 0.15) is 43.6 Å². The van der Waals surface area contributed by atoms with Crippen LogP contribution in [0.4, 0.5) is 19.0 Å². The molecule has 1 amide bonds. The Morgan fingerprint density at radius 3 is 2.50 bits per heavy atom. The molecule has 0 fully saturated rings. The molecule has 214 valence electrons. The van der Waals surface area contributed by atoms with Crippen molar-refractivity contribution in [3.05, 3.63) is 76.1 Å². The number of amides is 1. The highest BCUT2D eigenvalue weighted by Gasteiger charge is 2.31. The summed E-state index contributed by atoms with van der Waals surface area (Å²) in [6.45, 7) is 4.63. The fraction of sp³-hybridized carbons (Fsp3) is 0.407. The average Bonchev–Trinajstić information content (AvgIpc) is 2.86. The number of alkyl halides is 3. The lowest BCUT2D eigenvalue weighted by molar-refractivity contribution is -0.274. The maximum atomic E-state index is 12.4. The molecule has 10 nitrogen and oxygen atoms in total. The van der Waals surface area contributed by atoms with Gasteiger partial charge in [-0.3, -0.25) is 14.2 Å². The Kier molecular flexibility index (Phi) is 10.7. The third-order valence-corrected chi connectivity index (χ3v) is 5.40. The number of carbonyl (C=O) groups excluding carboxylic acids is 2. The molecule has 0 atom stereocenters. The number of benzene rings is 1. The minimum Gasteiger partial charge on any atom is -0.465 e. The van der Waals surface area contributed by atoms with Crippen molar-refractivity contribution in [2.45, 2.75) is 58.9 Å². The first-order valence-corrected chi connectivity index (χ1v) is 12.7. The fourth-order valence-electron chi connectivity index (χ4n) is 3.56. The van der Waals surface area contributed by atoms with Gasteiger partial charge in [-0.25, -0.2) is 4.79 Å². The molecule has 0 aliphatic carbocycles. The predicted octanol–water partition coefficient (Wildman–Crippen LogP) is 3.88. The van der Waals surface area contributed by atoms with E-state index in [9.17, 15) is 27.6 Å². The number of halogens is 3. The standard InChI is InChI=1S/C27H30F3N5O5/c1-18(2)17-39-25(37)16-21-11-13-35(26(38)31-21)12-4-3-7-20-9-10-23(34-33-20)32-24(36)15-19-6-5-8-22(14-19)40-27(28,29)30/h5-6,8-11,13-14,18H,3-4,7,12,15-17H2,1-2H3,(H,32,34,36). The van der Waals surface area contributed by atoms with Crippen molar-refractivity contribution >= 4 is 17.7 Å². The number of aryl methyl sites for hydroxylation is 2. The Balaban J connectivity index is 1.40. The Bertz CT molecular complexity index is 1340. The summed E-state index contributed by atoms with van der Waals surface area (Å²) < 4.78 is 47.6. The minimum atomic E-state index is -4.82. The van der Waals surface area contributed by atoms with E-state index in [0.29, 0.717) is 49.4 Å². The molecule has 3 aromatic rings. The summed E-state index contributed by atoms with van der Waals surface area (Å²) >= 11 is 0. The summed E-state index contributed by atoms with van der Waals surface area (Å²) in [7, 11) is 0. The lowest BCUT2D eigenvalue weighted by atomic mass is 10.1. The summed E-state index contributed by atoms with van der Waals surface area (Å²) in [5.74, 6) is -0.857. The third-order valence-electron chi connectivity index (χ3n) is 5.40. The van der Waals surface area contributed by atoms with Crippen LogP contribution in [0.5, 0.6) is 5.75 Å². The summed E-state index contributed by atoms with van der Waals surface area (Å²) in [5, 5.41) is 10.6. The van der Waals surface area contributed by atoms with Gasteiger partial charge in [0.05, 0.1) is 30.8 Å². The van der Waals surface area contributed by atoms with E-state index in [0.717, 1.165) is 12.1 Å². The first-order valence-electron chi connectivity index (χ1n) is 12.7. The monoisotopic (exact) mass is 561 g/mol. The van der Waals surface area contributed by atoms with E-state index in [2.05, 4.69) is 25.2 Å². The fourth-order valence-corrected chi connectivity index (χ4v) is 3.56. The maximum absolute atomic E-state index is 12.4. The number of hydrogen-bond donors (Lipinski definition) is 1. The molecule has 13 heteroatoms. The molecule has 0 radical (unpaired) electrons. The molecule has 0 aliphatic rings. The summed E-state index contributed by atoms with van der Waals surface area (Å²) in [6.07, 6.45) is -1.45. The van der Waals surface area contributed by atoms with E-state index in [4.69, 9.17) is 4.74 Å². The van der Waals surface area contributed by atoms with E-state index in [1.165, 1.54) is 16.7 Å². The number of nitrogens with zero attached hydrogens (tertiary/aromatic N) is 4. The van der Waals surface area contributed by atoms with E-state index in [1.807, 2.05) is 13.8 Å². The summed E-state index contributed by atoms with van der Waals surface area (Å²) in [4.78, 5) is 40.3. The average molecular weight is 562 g/mol. The van der Waals surface area contributed by atoms with Gasteiger partial charge < -0.3 is 14.8 Å². The molecule has 0 bridgehead atoms. The number of rotatable bonds is 13. The second-order valence-electron chi connectivity index (χ2n) is 9.44. The van der Waals surface area contributed by atoms with Crippen molar-refractivity contribution in [2.75, 3.05) is 11.9 Å². The third kappa shape index (κ3) is 10.8. The first-order chi connectivity index (χ1) is 19.0. The molecule has 0 saturated carbocycles. The van der Waals surface area contributed by atoms with Gasteiger partial charge in [-0.1, -0.05) is 26.0 Å². The van der Waals surface area contributed by atoms with Crippen molar-refractivity contribution in [1.29, 1.82) is 0 Å². The van der Waals surface area contributed by atoms with Gasteiger partial charge in [0.15, 0.2) is 5.82 Å². The van der Waals surface area contributed by atoms with Crippen LogP contribution < -0.4 is 15.7 Å². The van der Waals surface area contributed by atoms with Gasteiger partial charge in [0.25, 0.3) is 0 Å². The zero-order valence-electron chi connectivity index (χ0n) is 22.1. The zero-order valence-corrected chi connectivity index (χ0v) is 22.1. The van der Waals surface area contributed by atoms with Gasteiger partial charge in [0.2, 0.25) is 5.91 Å². The lowest BCUT2D eigenvalue weighted by Crippen LogP contribution is -2.25.